The normalized spacial score (nSPS) is 25.7. The number of methoxy groups -OCH3 is 1. The summed E-state index contributed by atoms with van der Waals surface area (Å²) in [5.41, 5.74) is 0. The Balaban J connectivity index is 2.15. The molecule has 5 heteroatoms. The highest BCUT2D eigenvalue weighted by Crippen LogP contribution is 2.33. The third kappa shape index (κ3) is 3.15. The number of hydrogen-bond acceptors (Lipinski definition) is 5. The van der Waals surface area contributed by atoms with Crippen LogP contribution in [0.5, 0.6) is 0 Å². The fraction of sp³-hybridized carbons (Fsp3) is 0.857. The first-order chi connectivity index (χ1) is 9.17. The predicted molar refractivity (Wildman–Crippen MR) is 72.9 cm³/mol. The molecule has 0 saturated heterocycles. The van der Waals surface area contributed by atoms with Gasteiger partial charge in [0.2, 0.25) is 11.7 Å². The topological polar surface area (TPSA) is 60.2 Å². The highest BCUT2D eigenvalue weighted by atomic mass is 16.5. The van der Waals surface area contributed by atoms with Crippen LogP contribution in [-0.2, 0) is 4.74 Å². The van der Waals surface area contributed by atoms with Crippen molar-refractivity contribution in [3.8, 4) is 0 Å². The molecule has 108 valence electrons. The summed E-state index contributed by atoms with van der Waals surface area (Å²) >= 11 is 0. The van der Waals surface area contributed by atoms with Crippen LogP contribution in [-0.4, -0.2) is 30.3 Å². The van der Waals surface area contributed by atoms with Crippen molar-refractivity contribution in [2.75, 3.05) is 14.2 Å². The van der Waals surface area contributed by atoms with Gasteiger partial charge in [-0.2, -0.15) is 4.98 Å². The number of likely N-dealkylation sites (N-methyl/N-ethyl adjacent to an activating group) is 1. The van der Waals surface area contributed by atoms with Crippen LogP contribution in [0.3, 0.4) is 0 Å². The van der Waals surface area contributed by atoms with Gasteiger partial charge in [0.1, 0.15) is 6.10 Å². The SMILES string of the molecule is CNC1CCCCC1c1nc(C(OC)C(C)C)no1. The number of ether oxygens (including phenoxy) is 1. The van der Waals surface area contributed by atoms with Crippen molar-refractivity contribution in [2.24, 2.45) is 5.92 Å². The molecule has 5 nitrogen and oxygen atoms in total. The fourth-order valence-electron chi connectivity index (χ4n) is 2.96. The maximum atomic E-state index is 5.49. The summed E-state index contributed by atoms with van der Waals surface area (Å²) in [4.78, 5) is 4.58. The first kappa shape index (κ1) is 14.5. The second-order valence-electron chi connectivity index (χ2n) is 5.68. The first-order valence-corrected chi connectivity index (χ1v) is 7.21. The van der Waals surface area contributed by atoms with Crippen LogP contribution in [0.4, 0.5) is 0 Å². The summed E-state index contributed by atoms with van der Waals surface area (Å²) in [5.74, 6) is 2.11. The average Bonchev–Trinajstić information content (AvgIpc) is 2.88. The van der Waals surface area contributed by atoms with Crippen molar-refractivity contribution in [2.45, 2.75) is 57.6 Å². The number of hydrogen-bond donors (Lipinski definition) is 1. The molecule has 0 amide bonds. The summed E-state index contributed by atoms with van der Waals surface area (Å²) in [5, 5.41) is 7.48. The van der Waals surface area contributed by atoms with Gasteiger partial charge < -0.3 is 14.6 Å². The minimum absolute atomic E-state index is 0.0888. The van der Waals surface area contributed by atoms with Crippen molar-refractivity contribution in [3.05, 3.63) is 11.7 Å². The summed E-state index contributed by atoms with van der Waals surface area (Å²) in [7, 11) is 3.70. The van der Waals surface area contributed by atoms with E-state index in [9.17, 15) is 0 Å². The Hall–Kier alpha value is -0.940. The third-order valence-corrected chi connectivity index (χ3v) is 4.03. The molecule has 0 bridgehead atoms. The molecule has 0 aliphatic heterocycles. The zero-order valence-electron chi connectivity index (χ0n) is 12.3. The fourth-order valence-corrected chi connectivity index (χ4v) is 2.96. The Morgan fingerprint density at radius 3 is 2.68 bits per heavy atom. The lowest BCUT2D eigenvalue weighted by Crippen LogP contribution is -2.34. The molecule has 1 aliphatic rings. The molecule has 3 atom stereocenters. The largest absolute Gasteiger partial charge is 0.373 e. The van der Waals surface area contributed by atoms with Gasteiger partial charge in [0.25, 0.3) is 0 Å². The monoisotopic (exact) mass is 267 g/mol. The second-order valence-corrected chi connectivity index (χ2v) is 5.68. The van der Waals surface area contributed by atoms with Crippen molar-refractivity contribution in [3.63, 3.8) is 0 Å². The van der Waals surface area contributed by atoms with E-state index in [2.05, 4.69) is 29.3 Å². The van der Waals surface area contributed by atoms with Gasteiger partial charge in [-0.25, -0.2) is 0 Å². The molecule has 1 fully saturated rings. The van der Waals surface area contributed by atoms with E-state index in [1.165, 1.54) is 19.3 Å². The van der Waals surface area contributed by atoms with E-state index in [1.807, 2.05) is 7.05 Å². The molecular weight excluding hydrogens is 242 g/mol. The summed E-state index contributed by atoms with van der Waals surface area (Å²) in [6.07, 6.45) is 4.71. The molecule has 1 heterocycles. The lowest BCUT2D eigenvalue weighted by atomic mass is 9.84. The Morgan fingerprint density at radius 1 is 1.32 bits per heavy atom. The van der Waals surface area contributed by atoms with E-state index in [-0.39, 0.29) is 6.10 Å². The number of nitrogens with zero attached hydrogens (tertiary/aromatic N) is 2. The Kier molecular flexibility index (Phi) is 4.93. The van der Waals surface area contributed by atoms with Crippen LogP contribution >= 0.6 is 0 Å². The van der Waals surface area contributed by atoms with E-state index < -0.39 is 0 Å². The molecule has 0 spiro atoms. The minimum Gasteiger partial charge on any atom is -0.373 e. The van der Waals surface area contributed by atoms with E-state index in [0.29, 0.717) is 23.7 Å². The van der Waals surface area contributed by atoms with Gasteiger partial charge in [0.05, 0.1) is 5.92 Å². The highest BCUT2D eigenvalue weighted by Gasteiger charge is 2.31. The van der Waals surface area contributed by atoms with Crippen LogP contribution in [0.25, 0.3) is 0 Å². The molecule has 0 aromatic carbocycles. The van der Waals surface area contributed by atoms with Crippen molar-refractivity contribution >= 4 is 0 Å². The highest BCUT2D eigenvalue weighted by molar-refractivity contribution is 5.03. The molecule has 19 heavy (non-hydrogen) atoms. The second kappa shape index (κ2) is 6.48. The molecule has 0 radical (unpaired) electrons. The smallest absolute Gasteiger partial charge is 0.231 e. The van der Waals surface area contributed by atoms with E-state index in [0.717, 1.165) is 12.3 Å². The molecule has 1 aliphatic carbocycles. The first-order valence-electron chi connectivity index (χ1n) is 7.21. The van der Waals surface area contributed by atoms with Crippen LogP contribution in [0.2, 0.25) is 0 Å². The molecule has 3 unspecified atom stereocenters. The standard InChI is InChI=1S/C14H25N3O2/c1-9(2)12(18-4)13-16-14(19-17-13)10-7-5-6-8-11(10)15-3/h9-12,15H,5-8H2,1-4H3. The maximum absolute atomic E-state index is 5.49. The average molecular weight is 267 g/mol. The van der Waals surface area contributed by atoms with Crippen molar-refractivity contribution in [1.82, 2.24) is 15.5 Å². The van der Waals surface area contributed by atoms with Gasteiger partial charge in [0, 0.05) is 13.2 Å². The van der Waals surface area contributed by atoms with Gasteiger partial charge >= 0.3 is 0 Å². The zero-order valence-corrected chi connectivity index (χ0v) is 12.3. The van der Waals surface area contributed by atoms with Gasteiger partial charge in [-0.3, -0.25) is 0 Å². The Morgan fingerprint density at radius 2 is 2.05 bits per heavy atom. The molecular formula is C14H25N3O2. The molecule has 1 N–H and O–H groups in total. The van der Waals surface area contributed by atoms with Gasteiger partial charge in [-0.15, -0.1) is 0 Å². The van der Waals surface area contributed by atoms with Crippen molar-refractivity contribution in [1.29, 1.82) is 0 Å². The van der Waals surface area contributed by atoms with Crippen LogP contribution < -0.4 is 5.32 Å². The van der Waals surface area contributed by atoms with Crippen LogP contribution in [0.1, 0.15) is 63.3 Å². The van der Waals surface area contributed by atoms with Gasteiger partial charge in [0.15, 0.2) is 0 Å². The minimum atomic E-state index is -0.0888. The summed E-state index contributed by atoms with van der Waals surface area (Å²) in [6, 6.07) is 0.446. The van der Waals surface area contributed by atoms with Crippen LogP contribution in [0, 0.1) is 5.92 Å². The maximum Gasteiger partial charge on any atom is 0.231 e. The Labute approximate surface area is 115 Å². The lowest BCUT2D eigenvalue weighted by molar-refractivity contribution is 0.0555. The summed E-state index contributed by atoms with van der Waals surface area (Å²) < 4.78 is 10.9. The van der Waals surface area contributed by atoms with Gasteiger partial charge in [-0.1, -0.05) is 31.8 Å². The third-order valence-electron chi connectivity index (χ3n) is 4.03. The molecule has 2 rings (SSSR count). The van der Waals surface area contributed by atoms with Gasteiger partial charge in [-0.05, 0) is 25.8 Å². The quantitative estimate of drug-likeness (QED) is 0.888. The lowest BCUT2D eigenvalue weighted by Gasteiger charge is -2.28. The van der Waals surface area contributed by atoms with E-state index in [1.54, 1.807) is 7.11 Å². The molecule has 1 aromatic heterocycles. The zero-order chi connectivity index (χ0) is 13.8. The summed E-state index contributed by atoms with van der Waals surface area (Å²) in [6.45, 7) is 4.20. The number of rotatable bonds is 5. The predicted octanol–water partition coefficient (Wildman–Crippen LogP) is 2.66. The van der Waals surface area contributed by atoms with Crippen LogP contribution in [0.15, 0.2) is 4.52 Å². The van der Waals surface area contributed by atoms with E-state index >= 15 is 0 Å². The number of nitrogens with one attached hydrogen (secondary N) is 1. The number of aromatic nitrogens is 2. The molecule has 1 aromatic rings. The molecule has 1 saturated carbocycles. The van der Waals surface area contributed by atoms with E-state index in [4.69, 9.17) is 9.26 Å². The Bertz CT molecular complexity index is 392. The van der Waals surface area contributed by atoms with Crippen molar-refractivity contribution < 1.29 is 9.26 Å².